The van der Waals surface area contributed by atoms with Crippen LogP contribution >= 0.6 is 0 Å². The molecule has 1 rings (SSSR count). The molecule has 0 heterocycles. The summed E-state index contributed by atoms with van der Waals surface area (Å²) in [6.07, 6.45) is 0. The maximum atomic E-state index is 11.8. The van der Waals surface area contributed by atoms with Gasteiger partial charge in [-0.3, -0.25) is 0 Å². The van der Waals surface area contributed by atoms with Gasteiger partial charge < -0.3 is 5.73 Å². The van der Waals surface area contributed by atoms with Crippen molar-refractivity contribution >= 4 is 9.84 Å². The summed E-state index contributed by atoms with van der Waals surface area (Å²) < 4.78 is 23.6. The van der Waals surface area contributed by atoms with Crippen molar-refractivity contribution in [2.24, 2.45) is 5.73 Å². The van der Waals surface area contributed by atoms with Gasteiger partial charge >= 0.3 is 0 Å². The summed E-state index contributed by atoms with van der Waals surface area (Å²) in [5.41, 5.74) is 8.08. The molecule has 102 valence electrons. The Balaban J connectivity index is 2.82. The van der Waals surface area contributed by atoms with Crippen LogP contribution in [0.1, 0.15) is 50.8 Å². The van der Waals surface area contributed by atoms with Crippen molar-refractivity contribution in [3.8, 4) is 0 Å². The number of hydrogen-bond acceptors (Lipinski definition) is 3. The second kappa shape index (κ2) is 5.85. The molecule has 18 heavy (non-hydrogen) atoms. The van der Waals surface area contributed by atoms with Gasteiger partial charge in [0.05, 0.1) is 11.0 Å². The molecule has 2 N–H and O–H groups in total. The van der Waals surface area contributed by atoms with Gasteiger partial charge in [0.15, 0.2) is 9.84 Å². The molecule has 1 unspecified atom stereocenters. The van der Waals surface area contributed by atoms with Crippen LogP contribution in [0.25, 0.3) is 0 Å². The van der Waals surface area contributed by atoms with Gasteiger partial charge in [-0.05, 0) is 30.9 Å². The summed E-state index contributed by atoms with van der Waals surface area (Å²) in [6, 6.07) is 7.44. The first kappa shape index (κ1) is 15.2. The summed E-state index contributed by atoms with van der Waals surface area (Å²) in [5, 5.41) is -0.376. The lowest BCUT2D eigenvalue weighted by Crippen LogP contribution is -2.26. The van der Waals surface area contributed by atoms with Crippen LogP contribution in [0.15, 0.2) is 24.3 Å². The van der Waals surface area contributed by atoms with Crippen LogP contribution in [0.3, 0.4) is 0 Å². The molecule has 1 aromatic rings. The minimum absolute atomic E-state index is 0.00565. The van der Waals surface area contributed by atoms with Gasteiger partial charge in [-0.25, -0.2) is 8.42 Å². The number of benzene rings is 1. The van der Waals surface area contributed by atoms with Crippen molar-refractivity contribution in [2.75, 3.05) is 5.75 Å². The maximum absolute atomic E-state index is 11.8. The number of hydrogen-bond donors (Lipinski definition) is 1. The Morgan fingerprint density at radius 3 is 1.83 bits per heavy atom. The van der Waals surface area contributed by atoms with Gasteiger partial charge in [-0.1, -0.05) is 38.1 Å². The van der Waals surface area contributed by atoms with E-state index in [0.717, 1.165) is 5.56 Å². The molecule has 0 aliphatic rings. The molecule has 0 spiro atoms. The Bertz CT molecular complexity index is 475. The highest BCUT2D eigenvalue weighted by Gasteiger charge is 2.21. The van der Waals surface area contributed by atoms with Crippen LogP contribution in [0, 0.1) is 0 Å². The molecule has 0 bridgehead atoms. The third-order valence-electron chi connectivity index (χ3n) is 3.16. The zero-order valence-corrected chi connectivity index (χ0v) is 12.4. The normalized spacial score (nSPS) is 14.2. The molecule has 0 aromatic heterocycles. The predicted molar refractivity (Wildman–Crippen MR) is 76.4 cm³/mol. The van der Waals surface area contributed by atoms with Crippen molar-refractivity contribution < 1.29 is 8.42 Å². The lowest BCUT2D eigenvalue weighted by molar-refractivity contribution is 0.580. The van der Waals surface area contributed by atoms with Gasteiger partial charge in [0.25, 0.3) is 0 Å². The number of sulfone groups is 1. The number of rotatable bonds is 5. The topological polar surface area (TPSA) is 60.2 Å². The van der Waals surface area contributed by atoms with Crippen LogP contribution in [0.2, 0.25) is 0 Å². The Kier molecular flexibility index (Phi) is 4.93. The molecule has 0 aliphatic heterocycles. The summed E-state index contributed by atoms with van der Waals surface area (Å²) >= 11 is 0. The average molecular weight is 269 g/mol. The third-order valence-corrected chi connectivity index (χ3v) is 5.42. The molecule has 1 aromatic carbocycles. The van der Waals surface area contributed by atoms with E-state index in [2.05, 4.69) is 13.8 Å². The van der Waals surface area contributed by atoms with Crippen LogP contribution in [-0.4, -0.2) is 19.4 Å². The smallest absolute Gasteiger partial charge is 0.154 e. The second-order valence-corrected chi connectivity index (χ2v) is 7.91. The van der Waals surface area contributed by atoms with E-state index in [1.165, 1.54) is 5.56 Å². The van der Waals surface area contributed by atoms with Crippen molar-refractivity contribution in [3.63, 3.8) is 0 Å². The van der Waals surface area contributed by atoms with E-state index >= 15 is 0 Å². The molecule has 0 fully saturated rings. The molecule has 1 atom stereocenters. The zero-order chi connectivity index (χ0) is 13.9. The molecular weight excluding hydrogens is 246 g/mol. The van der Waals surface area contributed by atoms with Gasteiger partial charge in [-0.15, -0.1) is 0 Å². The predicted octanol–water partition coefficient (Wildman–Crippen LogP) is 2.63. The minimum atomic E-state index is -3.10. The number of nitrogens with two attached hydrogens (primary N) is 1. The van der Waals surface area contributed by atoms with Crippen molar-refractivity contribution in [1.29, 1.82) is 0 Å². The molecule has 0 radical (unpaired) electrons. The summed E-state index contributed by atoms with van der Waals surface area (Å²) in [5.74, 6) is 0.473. The first-order valence-corrected chi connectivity index (χ1v) is 8.02. The molecule has 0 saturated carbocycles. The minimum Gasteiger partial charge on any atom is -0.323 e. The largest absolute Gasteiger partial charge is 0.323 e. The van der Waals surface area contributed by atoms with E-state index in [9.17, 15) is 8.42 Å². The van der Waals surface area contributed by atoms with Gasteiger partial charge in [0.2, 0.25) is 0 Å². The SMILES string of the molecule is CC(C)c1ccc(C(N)CS(=O)(=O)C(C)C)cc1. The second-order valence-electron chi connectivity index (χ2n) is 5.31. The fraction of sp³-hybridized carbons (Fsp3) is 0.571. The molecule has 0 aliphatic carbocycles. The van der Waals surface area contributed by atoms with E-state index < -0.39 is 15.9 Å². The third kappa shape index (κ3) is 3.82. The van der Waals surface area contributed by atoms with Crippen LogP contribution in [0.5, 0.6) is 0 Å². The lowest BCUT2D eigenvalue weighted by Gasteiger charge is -2.15. The van der Waals surface area contributed by atoms with Crippen LogP contribution in [-0.2, 0) is 9.84 Å². The first-order valence-electron chi connectivity index (χ1n) is 6.31. The monoisotopic (exact) mass is 269 g/mol. The highest BCUT2D eigenvalue weighted by Crippen LogP contribution is 2.19. The quantitative estimate of drug-likeness (QED) is 0.894. The van der Waals surface area contributed by atoms with Crippen molar-refractivity contribution in [1.82, 2.24) is 0 Å². The van der Waals surface area contributed by atoms with Crippen LogP contribution < -0.4 is 5.73 Å². The average Bonchev–Trinajstić information content (AvgIpc) is 2.28. The van der Waals surface area contributed by atoms with Crippen molar-refractivity contribution in [2.45, 2.75) is 44.9 Å². The Labute approximate surface area is 110 Å². The summed E-state index contributed by atoms with van der Waals surface area (Å²) in [4.78, 5) is 0. The maximum Gasteiger partial charge on any atom is 0.154 e. The van der Waals surface area contributed by atoms with Gasteiger partial charge in [0, 0.05) is 6.04 Å². The van der Waals surface area contributed by atoms with Gasteiger partial charge in [0.1, 0.15) is 0 Å². The van der Waals surface area contributed by atoms with E-state index in [0.29, 0.717) is 5.92 Å². The Hall–Kier alpha value is -0.870. The fourth-order valence-electron chi connectivity index (χ4n) is 1.67. The van der Waals surface area contributed by atoms with E-state index in [1.54, 1.807) is 13.8 Å². The van der Waals surface area contributed by atoms with E-state index in [1.807, 2.05) is 24.3 Å². The zero-order valence-electron chi connectivity index (χ0n) is 11.6. The Morgan fingerprint density at radius 2 is 1.44 bits per heavy atom. The van der Waals surface area contributed by atoms with Gasteiger partial charge in [-0.2, -0.15) is 0 Å². The highest BCUT2D eigenvalue weighted by molar-refractivity contribution is 7.92. The molecule has 0 saturated heterocycles. The van der Waals surface area contributed by atoms with Crippen molar-refractivity contribution in [3.05, 3.63) is 35.4 Å². The fourth-order valence-corrected chi connectivity index (χ4v) is 2.74. The Morgan fingerprint density at radius 1 is 1.00 bits per heavy atom. The molecule has 4 heteroatoms. The standard InChI is InChI=1S/C14H23NO2S/c1-10(2)12-5-7-13(8-6-12)14(15)9-18(16,17)11(3)4/h5-8,10-11,14H,9,15H2,1-4H3. The molecule has 3 nitrogen and oxygen atoms in total. The highest BCUT2D eigenvalue weighted by atomic mass is 32.2. The lowest BCUT2D eigenvalue weighted by atomic mass is 10.00. The summed E-state index contributed by atoms with van der Waals surface area (Å²) in [6.45, 7) is 7.62. The molecular formula is C14H23NO2S. The summed E-state index contributed by atoms with van der Waals surface area (Å²) in [7, 11) is -3.10. The van der Waals surface area contributed by atoms with E-state index in [4.69, 9.17) is 5.73 Å². The first-order chi connectivity index (χ1) is 8.24. The van der Waals surface area contributed by atoms with E-state index in [-0.39, 0.29) is 11.0 Å². The van der Waals surface area contributed by atoms with Crippen LogP contribution in [0.4, 0.5) is 0 Å². The molecule has 0 amide bonds.